The molecule has 1 aliphatic carbocycles. The van der Waals surface area contributed by atoms with Crippen molar-refractivity contribution in [1.29, 1.82) is 0 Å². The minimum absolute atomic E-state index is 0.0117. The quantitative estimate of drug-likeness (QED) is 0.147. The molecule has 1 aliphatic heterocycles. The van der Waals surface area contributed by atoms with Crippen LogP contribution in [0.3, 0.4) is 0 Å². The smallest absolute Gasteiger partial charge is 0.395 e. The Morgan fingerprint density at radius 3 is 2.37 bits per heavy atom. The third-order valence-electron chi connectivity index (χ3n) is 9.16. The van der Waals surface area contributed by atoms with Gasteiger partial charge in [0.15, 0.2) is 23.1 Å². The molecule has 1 amide bonds. The highest BCUT2D eigenvalue weighted by Gasteiger charge is 2.64. The lowest BCUT2D eigenvalue weighted by Crippen LogP contribution is -2.47. The fourth-order valence-corrected chi connectivity index (χ4v) is 6.66. The predicted molar refractivity (Wildman–Crippen MR) is 176 cm³/mol. The topological polar surface area (TPSA) is 159 Å². The number of aromatic nitrogens is 7. The number of ether oxygens (including phenoxy) is 1. The molecular formula is C33H34ClF5N10O3. The maximum absolute atomic E-state index is 14.9. The zero-order valence-electron chi connectivity index (χ0n) is 28.4. The molecule has 1 fully saturated rings. The molecule has 0 radical (unpaired) electrons. The van der Waals surface area contributed by atoms with Gasteiger partial charge in [0.1, 0.15) is 12.9 Å². The number of alkyl halides is 5. The van der Waals surface area contributed by atoms with Crippen LogP contribution in [0.25, 0.3) is 17.1 Å². The number of hydrogen-bond acceptors (Lipinski definition) is 10. The van der Waals surface area contributed by atoms with Crippen LogP contribution in [-0.4, -0.2) is 70.5 Å². The van der Waals surface area contributed by atoms with Gasteiger partial charge >= 0.3 is 12.1 Å². The molecular weight excluding hydrogens is 715 g/mol. The van der Waals surface area contributed by atoms with Crippen molar-refractivity contribution >= 4 is 29.4 Å². The van der Waals surface area contributed by atoms with Crippen LogP contribution in [-0.2, 0) is 26.9 Å². The van der Waals surface area contributed by atoms with Gasteiger partial charge in [-0.15, -0.1) is 5.10 Å². The number of benzene rings is 2. The molecule has 0 bridgehead atoms. The Morgan fingerprint density at radius 1 is 1.10 bits per heavy atom. The highest BCUT2D eigenvalue weighted by Crippen LogP contribution is 2.60. The molecule has 276 valence electrons. The second kappa shape index (κ2) is 13.2. The normalized spacial score (nSPS) is 19.2. The molecule has 13 nitrogen and oxygen atoms in total. The van der Waals surface area contributed by atoms with Crippen LogP contribution in [0.2, 0.25) is 5.02 Å². The summed E-state index contributed by atoms with van der Waals surface area (Å²) >= 11 is 6.43. The average Bonchev–Trinajstić information content (AvgIpc) is 3.37. The Balaban J connectivity index is 1.41. The summed E-state index contributed by atoms with van der Waals surface area (Å²) in [6, 6.07) is 9.72. The van der Waals surface area contributed by atoms with Gasteiger partial charge in [0, 0.05) is 12.6 Å². The summed E-state index contributed by atoms with van der Waals surface area (Å²) in [5.41, 5.74) is 3.53. The second-order valence-electron chi connectivity index (χ2n) is 14.1. The van der Waals surface area contributed by atoms with E-state index >= 15 is 0 Å². The highest BCUT2D eigenvalue weighted by atomic mass is 35.5. The third-order valence-corrected chi connectivity index (χ3v) is 9.48. The van der Waals surface area contributed by atoms with Gasteiger partial charge in [-0.2, -0.15) is 18.3 Å². The maximum Gasteiger partial charge on any atom is 0.395 e. The third kappa shape index (κ3) is 6.82. The number of esters is 1. The van der Waals surface area contributed by atoms with E-state index in [1.165, 1.54) is 22.9 Å². The van der Waals surface area contributed by atoms with Gasteiger partial charge in [0.05, 0.1) is 28.6 Å². The number of carbonyl (C=O) groups is 2. The van der Waals surface area contributed by atoms with E-state index in [4.69, 9.17) is 27.1 Å². The van der Waals surface area contributed by atoms with Gasteiger partial charge in [-0.05, 0) is 58.4 Å². The fourth-order valence-electron chi connectivity index (χ4n) is 6.46. The minimum atomic E-state index is -4.61. The summed E-state index contributed by atoms with van der Waals surface area (Å²) in [6.07, 6.45) is -7.91. The predicted octanol–water partition coefficient (Wildman–Crippen LogP) is 5.85. The van der Waals surface area contributed by atoms with E-state index in [0.29, 0.717) is 17.0 Å². The number of amides is 1. The van der Waals surface area contributed by atoms with E-state index < -0.39 is 65.7 Å². The summed E-state index contributed by atoms with van der Waals surface area (Å²) < 4.78 is 76.5. The molecule has 19 heteroatoms. The molecule has 2 N–H and O–H groups in total. The Bertz CT molecular complexity index is 2020. The molecule has 0 saturated heterocycles. The van der Waals surface area contributed by atoms with Crippen LogP contribution in [0, 0.1) is 10.8 Å². The molecule has 2 aliphatic rings. The first kappa shape index (κ1) is 36.8. The Kier molecular flexibility index (Phi) is 9.34. The summed E-state index contributed by atoms with van der Waals surface area (Å²) in [6.45, 7) is 5.08. The lowest BCUT2D eigenvalue weighted by atomic mass is 9.75. The SMILES string of the molecule is Cn1nnnc1-c1ccc([C@@]2(CC(C)(C)C)N=C(N)N([C@H](COC(=O)CC3(C(F)(F)F)CC3)c3ccc(Cl)c(-n4ncnc4C(F)F)c3)C2=O)cc1. The van der Waals surface area contributed by atoms with E-state index in [1.807, 2.05) is 20.8 Å². The van der Waals surface area contributed by atoms with E-state index in [1.54, 1.807) is 31.3 Å². The fraction of sp³-hybridized carbons (Fsp3) is 0.455. The number of nitrogens with two attached hydrogens (primary N) is 1. The Morgan fingerprint density at radius 2 is 1.79 bits per heavy atom. The standard InChI is InChI=1S/C33H34ClF5N10O3/c1-30(2,3)16-32(20-8-5-18(6-9-20)26-44-45-46-47(26)4)28(51)48(29(40)43-32)23(15-52-24(50)14-31(11-12-31)33(37,38)39)19-7-10-21(34)22(13-19)49-27(25(35)36)41-17-42-49/h5-10,13,17,23,25H,11-12,14-16H2,1-4H3,(H2,40,43)/t23-,32-/m1/s1. The van der Waals surface area contributed by atoms with E-state index in [-0.39, 0.29) is 41.5 Å². The highest BCUT2D eigenvalue weighted by molar-refractivity contribution is 6.32. The van der Waals surface area contributed by atoms with Gasteiger partial charge < -0.3 is 10.5 Å². The number of tetrazole rings is 1. The van der Waals surface area contributed by atoms with Crippen LogP contribution in [0.4, 0.5) is 22.0 Å². The molecule has 3 heterocycles. The van der Waals surface area contributed by atoms with Gasteiger partial charge in [-0.3, -0.25) is 14.5 Å². The first-order valence-electron chi connectivity index (χ1n) is 16.1. The van der Waals surface area contributed by atoms with Crippen molar-refractivity contribution < 1.29 is 36.3 Å². The number of carbonyl (C=O) groups excluding carboxylic acids is 2. The summed E-state index contributed by atoms with van der Waals surface area (Å²) in [5.74, 6) is -2.26. The molecule has 2 aromatic heterocycles. The first-order valence-corrected chi connectivity index (χ1v) is 16.5. The molecule has 2 aromatic carbocycles. The lowest BCUT2D eigenvalue weighted by molar-refractivity contribution is -0.195. The first-order chi connectivity index (χ1) is 24.4. The van der Waals surface area contributed by atoms with Crippen LogP contribution in [0.15, 0.2) is 53.8 Å². The average molecular weight is 749 g/mol. The van der Waals surface area contributed by atoms with Gasteiger partial charge in [-0.25, -0.2) is 28.1 Å². The maximum atomic E-state index is 14.9. The molecule has 0 spiro atoms. The van der Waals surface area contributed by atoms with Crippen LogP contribution in [0.5, 0.6) is 0 Å². The van der Waals surface area contributed by atoms with Gasteiger partial charge in [0.25, 0.3) is 12.3 Å². The van der Waals surface area contributed by atoms with Gasteiger partial charge in [-0.1, -0.05) is 62.7 Å². The molecule has 6 rings (SSSR count). The van der Waals surface area contributed by atoms with E-state index in [0.717, 1.165) is 15.9 Å². The summed E-state index contributed by atoms with van der Waals surface area (Å²) in [4.78, 5) is 37.3. The summed E-state index contributed by atoms with van der Waals surface area (Å²) in [5, 5.41) is 15.4. The van der Waals surface area contributed by atoms with E-state index in [9.17, 15) is 31.5 Å². The van der Waals surface area contributed by atoms with Crippen LogP contribution >= 0.6 is 11.6 Å². The van der Waals surface area contributed by atoms with Gasteiger partial charge in [0.2, 0.25) is 0 Å². The van der Waals surface area contributed by atoms with Crippen molar-refractivity contribution in [3.63, 3.8) is 0 Å². The monoisotopic (exact) mass is 748 g/mol. The molecule has 0 unspecified atom stereocenters. The van der Waals surface area contributed by atoms with Crippen molar-refractivity contribution in [1.82, 2.24) is 39.9 Å². The van der Waals surface area contributed by atoms with Crippen LogP contribution in [0.1, 0.15) is 75.9 Å². The van der Waals surface area contributed by atoms with Crippen LogP contribution < -0.4 is 5.73 Å². The Labute approximate surface area is 299 Å². The van der Waals surface area contributed by atoms with Crippen molar-refractivity contribution in [2.24, 2.45) is 28.6 Å². The number of aryl methyl sites for hydroxylation is 1. The number of hydrogen-bond donors (Lipinski definition) is 1. The van der Waals surface area contributed by atoms with Crippen molar-refractivity contribution in [2.75, 3.05) is 6.61 Å². The van der Waals surface area contributed by atoms with Crippen molar-refractivity contribution in [3.8, 4) is 17.1 Å². The zero-order valence-corrected chi connectivity index (χ0v) is 29.2. The largest absolute Gasteiger partial charge is 0.463 e. The van der Waals surface area contributed by atoms with E-state index in [2.05, 4.69) is 25.6 Å². The van der Waals surface area contributed by atoms with Crippen molar-refractivity contribution in [3.05, 3.63) is 70.8 Å². The molecule has 52 heavy (non-hydrogen) atoms. The lowest BCUT2D eigenvalue weighted by Gasteiger charge is -2.35. The minimum Gasteiger partial charge on any atom is -0.463 e. The number of guanidine groups is 1. The molecule has 2 atom stereocenters. The molecule has 4 aromatic rings. The zero-order chi connectivity index (χ0) is 37.8. The molecule has 1 saturated carbocycles. The number of rotatable bonds is 11. The number of nitrogens with zero attached hydrogens (tertiary/aromatic N) is 9. The Hall–Kier alpha value is -5.00. The summed E-state index contributed by atoms with van der Waals surface area (Å²) in [7, 11) is 1.67. The second-order valence-corrected chi connectivity index (χ2v) is 14.5. The number of halogens is 6. The van der Waals surface area contributed by atoms with Crippen molar-refractivity contribution in [2.45, 2.75) is 70.6 Å². The number of aliphatic imine (C=N–C) groups is 1.